The third kappa shape index (κ3) is 2.55. The van der Waals surface area contributed by atoms with Gasteiger partial charge in [0.1, 0.15) is 0 Å². The maximum absolute atomic E-state index is 3.70. The standard InChI is InChI=1S/C16H20BrN/c1-11(16-9-12-5-6-14(16)7-12)18-10-13-3-2-4-15(17)8-13/h2-6,8,11-12,14,16,18H,7,9-10H2,1H3. The van der Waals surface area contributed by atoms with E-state index in [-0.39, 0.29) is 0 Å². The Hall–Kier alpha value is -0.600. The summed E-state index contributed by atoms with van der Waals surface area (Å²) in [6.45, 7) is 3.31. The van der Waals surface area contributed by atoms with E-state index in [9.17, 15) is 0 Å². The molecule has 1 aromatic rings. The van der Waals surface area contributed by atoms with Crippen molar-refractivity contribution < 1.29 is 0 Å². The highest BCUT2D eigenvalue weighted by molar-refractivity contribution is 9.10. The first kappa shape index (κ1) is 12.4. The zero-order valence-electron chi connectivity index (χ0n) is 10.8. The first-order chi connectivity index (χ1) is 8.72. The summed E-state index contributed by atoms with van der Waals surface area (Å²) in [6.07, 6.45) is 7.64. The summed E-state index contributed by atoms with van der Waals surface area (Å²) in [5.74, 6) is 2.54. The van der Waals surface area contributed by atoms with Crippen molar-refractivity contribution in [3.8, 4) is 0 Å². The highest BCUT2D eigenvalue weighted by Gasteiger charge is 2.38. The third-order valence-corrected chi connectivity index (χ3v) is 4.98. The Kier molecular flexibility index (Phi) is 3.58. The van der Waals surface area contributed by atoms with Gasteiger partial charge in [-0.2, -0.15) is 0 Å². The molecule has 0 aliphatic heterocycles. The van der Waals surface area contributed by atoms with Gasteiger partial charge < -0.3 is 5.32 Å². The molecule has 0 heterocycles. The minimum Gasteiger partial charge on any atom is -0.310 e. The van der Waals surface area contributed by atoms with Crippen LogP contribution in [-0.4, -0.2) is 6.04 Å². The summed E-state index contributed by atoms with van der Waals surface area (Å²) in [5.41, 5.74) is 1.36. The molecule has 1 saturated carbocycles. The van der Waals surface area contributed by atoms with Crippen LogP contribution in [0.5, 0.6) is 0 Å². The summed E-state index contributed by atoms with van der Waals surface area (Å²) in [5, 5.41) is 3.70. The highest BCUT2D eigenvalue weighted by Crippen LogP contribution is 2.44. The van der Waals surface area contributed by atoms with E-state index in [0.29, 0.717) is 6.04 Å². The molecule has 0 amide bonds. The van der Waals surface area contributed by atoms with Crippen LogP contribution in [0.4, 0.5) is 0 Å². The molecule has 18 heavy (non-hydrogen) atoms. The van der Waals surface area contributed by atoms with Crippen molar-refractivity contribution in [3.63, 3.8) is 0 Å². The molecule has 4 unspecified atom stereocenters. The second-order valence-corrected chi connectivity index (χ2v) is 6.66. The number of halogens is 1. The Bertz CT molecular complexity index is 454. The predicted octanol–water partition coefficient (Wildman–Crippen LogP) is 4.14. The quantitative estimate of drug-likeness (QED) is 0.824. The van der Waals surface area contributed by atoms with Gasteiger partial charge in [-0.3, -0.25) is 0 Å². The van der Waals surface area contributed by atoms with Crippen molar-refractivity contribution >= 4 is 15.9 Å². The van der Waals surface area contributed by atoms with E-state index >= 15 is 0 Å². The average Bonchev–Trinajstić information content (AvgIpc) is 2.98. The van der Waals surface area contributed by atoms with Gasteiger partial charge >= 0.3 is 0 Å². The monoisotopic (exact) mass is 305 g/mol. The summed E-state index contributed by atoms with van der Waals surface area (Å²) in [6, 6.07) is 9.18. The number of allylic oxidation sites excluding steroid dienone is 2. The molecule has 4 atom stereocenters. The molecule has 3 rings (SSSR count). The van der Waals surface area contributed by atoms with Gasteiger partial charge in [0.25, 0.3) is 0 Å². The van der Waals surface area contributed by atoms with E-state index in [2.05, 4.69) is 64.6 Å². The summed E-state index contributed by atoms with van der Waals surface area (Å²) in [7, 11) is 0. The fourth-order valence-electron chi connectivity index (χ4n) is 3.48. The van der Waals surface area contributed by atoms with Crippen LogP contribution in [-0.2, 0) is 6.54 Å². The molecule has 0 saturated heterocycles. The Labute approximate surface area is 118 Å². The van der Waals surface area contributed by atoms with Crippen molar-refractivity contribution in [2.24, 2.45) is 17.8 Å². The van der Waals surface area contributed by atoms with Crippen molar-refractivity contribution in [2.45, 2.75) is 32.4 Å². The Morgan fingerprint density at radius 1 is 1.33 bits per heavy atom. The van der Waals surface area contributed by atoms with Gasteiger partial charge in [-0.25, -0.2) is 0 Å². The highest BCUT2D eigenvalue weighted by atomic mass is 79.9. The maximum Gasteiger partial charge on any atom is 0.0208 e. The fraction of sp³-hybridized carbons (Fsp3) is 0.500. The molecule has 2 aliphatic rings. The minimum absolute atomic E-state index is 0.615. The fourth-order valence-corrected chi connectivity index (χ4v) is 3.92. The van der Waals surface area contributed by atoms with Crippen LogP contribution < -0.4 is 5.32 Å². The summed E-state index contributed by atoms with van der Waals surface area (Å²) >= 11 is 3.53. The van der Waals surface area contributed by atoms with Crippen LogP contribution in [0.2, 0.25) is 0 Å². The minimum atomic E-state index is 0.615. The molecule has 2 heteroatoms. The normalized spacial score (nSPS) is 30.9. The predicted molar refractivity (Wildman–Crippen MR) is 79.3 cm³/mol. The van der Waals surface area contributed by atoms with E-state index in [1.165, 1.54) is 18.4 Å². The topological polar surface area (TPSA) is 12.0 Å². The van der Waals surface area contributed by atoms with Gasteiger partial charge in [-0.1, -0.05) is 40.2 Å². The van der Waals surface area contributed by atoms with Crippen molar-refractivity contribution in [3.05, 3.63) is 46.5 Å². The second kappa shape index (κ2) is 5.18. The summed E-state index contributed by atoms with van der Waals surface area (Å²) < 4.78 is 1.16. The van der Waals surface area contributed by atoms with Gasteiger partial charge in [-0.15, -0.1) is 0 Å². The van der Waals surface area contributed by atoms with Gasteiger partial charge in [0.15, 0.2) is 0 Å². The van der Waals surface area contributed by atoms with Crippen molar-refractivity contribution in [2.75, 3.05) is 0 Å². The van der Waals surface area contributed by atoms with Gasteiger partial charge in [0.05, 0.1) is 0 Å². The van der Waals surface area contributed by atoms with Crippen LogP contribution in [0.25, 0.3) is 0 Å². The van der Waals surface area contributed by atoms with Crippen molar-refractivity contribution in [1.29, 1.82) is 0 Å². The molecule has 1 aromatic carbocycles. The Morgan fingerprint density at radius 3 is 2.89 bits per heavy atom. The zero-order chi connectivity index (χ0) is 12.5. The lowest BCUT2D eigenvalue weighted by Crippen LogP contribution is -2.35. The Balaban J connectivity index is 1.56. The van der Waals surface area contributed by atoms with E-state index in [0.717, 1.165) is 28.8 Å². The molecule has 2 bridgehead atoms. The average molecular weight is 306 g/mol. The zero-order valence-corrected chi connectivity index (χ0v) is 12.4. The number of rotatable bonds is 4. The van der Waals surface area contributed by atoms with E-state index in [1.54, 1.807) is 0 Å². The Morgan fingerprint density at radius 2 is 2.22 bits per heavy atom. The van der Waals surface area contributed by atoms with Crippen LogP contribution in [0, 0.1) is 17.8 Å². The van der Waals surface area contributed by atoms with Crippen molar-refractivity contribution in [1.82, 2.24) is 5.32 Å². The molecule has 0 spiro atoms. The van der Waals surface area contributed by atoms with E-state index in [1.807, 2.05) is 0 Å². The van der Waals surface area contributed by atoms with Crippen LogP contribution >= 0.6 is 15.9 Å². The molecule has 1 fully saturated rings. The number of nitrogens with one attached hydrogen (secondary N) is 1. The lowest BCUT2D eigenvalue weighted by atomic mass is 9.87. The molecule has 0 aromatic heterocycles. The van der Waals surface area contributed by atoms with E-state index in [4.69, 9.17) is 0 Å². The number of hydrogen-bond donors (Lipinski definition) is 1. The first-order valence-electron chi connectivity index (χ1n) is 6.88. The van der Waals surface area contributed by atoms with Gasteiger partial charge in [0.2, 0.25) is 0 Å². The van der Waals surface area contributed by atoms with Crippen LogP contribution in [0.15, 0.2) is 40.9 Å². The molecular formula is C16H20BrN. The summed E-state index contributed by atoms with van der Waals surface area (Å²) in [4.78, 5) is 0. The van der Waals surface area contributed by atoms with Crippen LogP contribution in [0.3, 0.4) is 0 Å². The first-order valence-corrected chi connectivity index (χ1v) is 7.68. The molecule has 2 aliphatic carbocycles. The van der Waals surface area contributed by atoms with E-state index < -0.39 is 0 Å². The molecule has 1 nitrogen and oxygen atoms in total. The van der Waals surface area contributed by atoms with Crippen LogP contribution in [0.1, 0.15) is 25.3 Å². The molecular weight excluding hydrogens is 286 g/mol. The number of benzene rings is 1. The smallest absolute Gasteiger partial charge is 0.0208 e. The number of fused-ring (bicyclic) bond motifs is 2. The largest absolute Gasteiger partial charge is 0.310 e. The maximum atomic E-state index is 3.70. The SMILES string of the molecule is CC(NCc1cccc(Br)c1)C1CC2C=CC1C2. The molecule has 1 N–H and O–H groups in total. The third-order valence-electron chi connectivity index (χ3n) is 4.49. The second-order valence-electron chi connectivity index (χ2n) is 5.74. The number of hydrogen-bond acceptors (Lipinski definition) is 1. The molecule has 0 radical (unpaired) electrons. The lowest BCUT2D eigenvalue weighted by Gasteiger charge is -2.26. The lowest BCUT2D eigenvalue weighted by molar-refractivity contribution is 0.326. The molecule has 96 valence electrons. The van der Waals surface area contributed by atoms with Gasteiger partial charge in [0, 0.05) is 17.1 Å². The van der Waals surface area contributed by atoms with Gasteiger partial charge in [-0.05, 0) is 55.2 Å².